The highest BCUT2D eigenvalue weighted by Crippen LogP contribution is 2.32. The van der Waals surface area contributed by atoms with E-state index in [1.54, 1.807) is 0 Å². The van der Waals surface area contributed by atoms with Crippen LogP contribution < -0.4 is 5.32 Å². The van der Waals surface area contributed by atoms with Gasteiger partial charge in [0.05, 0.1) is 0 Å². The molecule has 3 heterocycles. The van der Waals surface area contributed by atoms with Crippen molar-refractivity contribution in [3.63, 3.8) is 0 Å². The highest BCUT2D eigenvalue weighted by atomic mass is 15.1. The Bertz CT molecular complexity index is 221. The maximum Gasteiger partial charge on any atom is 0.00733 e. The molecule has 0 aromatic rings. The Hall–Kier alpha value is -0.0800. The highest BCUT2D eigenvalue weighted by Gasteiger charge is 2.34. The summed E-state index contributed by atoms with van der Waals surface area (Å²) in [6, 6.07) is 1.74. The number of piperidine rings is 2. The molecule has 2 atom stereocenters. The maximum absolute atomic E-state index is 3.75. The van der Waals surface area contributed by atoms with E-state index in [2.05, 4.69) is 17.1 Å². The molecule has 3 fully saturated rings. The van der Waals surface area contributed by atoms with Gasteiger partial charge in [0.15, 0.2) is 0 Å². The second-order valence-corrected chi connectivity index (χ2v) is 6.46. The fourth-order valence-electron chi connectivity index (χ4n) is 3.93. The molecule has 3 aliphatic heterocycles. The Morgan fingerprint density at radius 3 is 2.25 bits per heavy atom. The van der Waals surface area contributed by atoms with Gasteiger partial charge in [-0.15, -0.1) is 0 Å². The molecule has 2 nitrogen and oxygen atoms in total. The molecule has 2 unspecified atom stereocenters. The number of rotatable bonds is 2. The minimum atomic E-state index is 0.868. The van der Waals surface area contributed by atoms with Crippen LogP contribution in [-0.2, 0) is 0 Å². The number of nitrogens with one attached hydrogen (secondary N) is 1. The molecule has 0 amide bonds. The molecular formula is C14H26N2. The Morgan fingerprint density at radius 2 is 1.62 bits per heavy atom. The van der Waals surface area contributed by atoms with Crippen LogP contribution in [0.3, 0.4) is 0 Å². The van der Waals surface area contributed by atoms with Crippen LogP contribution in [0.25, 0.3) is 0 Å². The van der Waals surface area contributed by atoms with Crippen molar-refractivity contribution in [2.75, 3.05) is 19.6 Å². The Morgan fingerprint density at radius 1 is 1.00 bits per heavy atom. The monoisotopic (exact) mass is 222 g/mol. The lowest BCUT2D eigenvalue weighted by atomic mass is 9.90. The van der Waals surface area contributed by atoms with Crippen LogP contribution >= 0.6 is 0 Å². The van der Waals surface area contributed by atoms with E-state index < -0.39 is 0 Å². The Labute approximate surface area is 99.8 Å². The van der Waals surface area contributed by atoms with Crippen molar-refractivity contribution in [3.8, 4) is 0 Å². The minimum Gasteiger partial charge on any atom is -0.311 e. The molecular weight excluding hydrogens is 196 g/mol. The number of fused-ring (bicyclic) bond motifs is 2. The van der Waals surface area contributed by atoms with Gasteiger partial charge in [-0.05, 0) is 63.5 Å². The van der Waals surface area contributed by atoms with Gasteiger partial charge in [0.2, 0.25) is 0 Å². The first-order chi connectivity index (χ1) is 7.79. The van der Waals surface area contributed by atoms with Crippen LogP contribution in [-0.4, -0.2) is 36.6 Å². The smallest absolute Gasteiger partial charge is 0.00733 e. The summed E-state index contributed by atoms with van der Waals surface area (Å²) in [5.74, 6) is 1.97. The summed E-state index contributed by atoms with van der Waals surface area (Å²) in [6.45, 7) is 6.52. The van der Waals surface area contributed by atoms with Gasteiger partial charge in [-0.1, -0.05) is 6.92 Å². The summed E-state index contributed by atoms with van der Waals surface area (Å²) in [5.41, 5.74) is 0. The lowest BCUT2D eigenvalue weighted by Gasteiger charge is -2.36. The first-order valence-corrected chi connectivity index (χ1v) is 7.28. The Balaban J connectivity index is 1.48. The summed E-state index contributed by atoms with van der Waals surface area (Å²) in [5, 5.41) is 3.75. The van der Waals surface area contributed by atoms with Crippen LogP contribution in [0.2, 0.25) is 0 Å². The second-order valence-electron chi connectivity index (χ2n) is 6.46. The zero-order chi connectivity index (χ0) is 11.0. The third-order valence-corrected chi connectivity index (χ3v) is 4.96. The zero-order valence-electron chi connectivity index (χ0n) is 10.6. The predicted molar refractivity (Wildman–Crippen MR) is 67.5 cm³/mol. The number of nitrogens with zero attached hydrogens (tertiary/aromatic N) is 1. The summed E-state index contributed by atoms with van der Waals surface area (Å²) < 4.78 is 0. The van der Waals surface area contributed by atoms with Crippen molar-refractivity contribution >= 4 is 0 Å². The van der Waals surface area contributed by atoms with Crippen molar-refractivity contribution in [2.24, 2.45) is 11.8 Å². The van der Waals surface area contributed by atoms with Crippen molar-refractivity contribution in [1.29, 1.82) is 0 Å². The number of hydrogen-bond donors (Lipinski definition) is 1. The summed E-state index contributed by atoms with van der Waals surface area (Å²) >= 11 is 0. The average molecular weight is 222 g/mol. The molecule has 3 rings (SSSR count). The topological polar surface area (TPSA) is 15.3 Å². The summed E-state index contributed by atoms with van der Waals surface area (Å²) in [6.07, 6.45) is 8.64. The predicted octanol–water partition coefficient (Wildman–Crippen LogP) is 2.25. The number of likely N-dealkylation sites (tertiary alicyclic amines) is 1. The standard InChI is InChI=1S/C14H26N2/c1-11-4-6-16(7-5-11)10-12-8-13-2-3-14(9-12)15-13/h11-15H,2-10H2,1H3. The molecule has 0 aromatic heterocycles. The molecule has 1 N–H and O–H groups in total. The molecule has 3 saturated heterocycles. The van der Waals surface area contributed by atoms with Gasteiger partial charge >= 0.3 is 0 Å². The molecule has 0 spiro atoms. The summed E-state index contributed by atoms with van der Waals surface area (Å²) in [4.78, 5) is 2.73. The Kier molecular flexibility index (Phi) is 3.21. The molecule has 0 saturated carbocycles. The molecule has 0 aliphatic carbocycles. The highest BCUT2D eigenvalue weighted by molar-refractivity contribution is 4.93. The molecule has 16 heavy (non-hydrogen) atoms. The van der Waals surface area contributed by atoms with Crippen LogP contribution in [0.1, 0.15) is 45.4 Å². The van der Waals surface area contributed by atoms with Gasteiger partial charge in [0.25, 0.3) is 0 Å². The van der Waals surface area contributed by atoms with Gasteiger partial charge < -0.3 is 10.2 Å². The third-order valence-electron chi connectivity index (χ3n) is 4.96. The molecule has 0 radical (unpaired) electrons. The molecule has 2 bridgehead atoms. The lowest BCUT2D eigenvalue weighted by molar-refractivity contribution is 0.143. The van der Waals surface area contributed by atoms with Gasteiger partial charge in [-0.3, -0.25) is 0 Å². The van der Waals surface area contributed by atoms with Crippen LogP contribution in [0.15, 0.2) is 0 Å². The quantitative estimate of drug-likeness (QED) is 0.771. The van der Waals surface area contributed by atoms with Crippen molar-refractivity contribution < 1.29 is 0 Å². The molecule has 3 aliphatic rings. The fraction of sp³-hybridized carbons (Fsp3) is 1.00. The largest absolute Gasteiger partial charge is 0.311 e. The number of hydrogen-bond acceptors (Lipinski definition) is 2. The van der Waals surface area contributed by atoms with E-state index in [1.807, 2.05) is 0 Å². The SMILES string of the molecule is CC1CCN(CC2CC3CCC(C2)N3)CC1. The maximum atomic E-state index is 3.75. The van der Waals surface area contributed by atoms with E-state index >= 15 is 0 Å². The molecule has 2 heteroatoms. The van der Waals surface area contributed by atoms with Crippen molar-refractivity contribution in [3.05, 3.63) is 0 Å². The van der Waals surface area contributed by atoms with Gasteiger partial charge in [0, 0.05) is 18.6 Å². The normalized spacial score (nSPS) is 41.4. The molecule has 0 aromatic carbocycles. The van der Waals surface area contributed by atoms with Crippen LogP contribution in [0.4, 0.5) is 0 Å². The van der Waals surface area contributed by atoms with E-state index in [-0.39, 0.29) is 0 Å². The second kappa shape index (κ2) is 4.66. The van der Waals surface area contributed by atoms with Gasteiger partial charge in [0.1, 0.15) is 0 Å². The van der Waals surface area contributed by atoms with E-state index in [1.165, 1.54) is 58.2 Å². The average Bonchev–Trinajstić information content (AvgIpc) is 2.62. The molecule has 92 valence electrons. The first-order valence-electron chi connectivity index (χ1n) is 7.28. The third kappa shape index (κ3) is 2.43. The van der Waals surface area contributed by atoms with Crippen LogP contribution in [0.5, 0.6) is 0 Å². The minimum absolute atomic E-state index is 0.868. The van der Waals surface area contributed by atoms with E-state index in [0.29, 0.717) is 0 Å². The van der Waals surface area contributed by atoms with Gasteiger partial charge in [-0.25, -0.2) is 0 Å². The van der Waals surface area contributed by atoms with E-state index in [4.69, 9.17) is 0 Å². The fourth-order valence-corrected chi connectivity index (χ4v) is 3.93. The van der Waals surface area contributed by atoms with Crippen molar-refractivity contribution in [1.82, 2.24) is 10.2 Å². The van der Waals surface area contributed by atoms with E-state index in [0.717, 1.165) is 23.9 Å². The van der Waals surface area contributed by atoms with Crippen molar-refractivity contribution in [2.45, 2.75) is 57.5 Å². The van der Waals surface area contributed by atoms with Gasteiger partial charge in [-0.2, -0.15) is 0 Å². The van der Waals surface area contributed by atoms with Crippen LogP contribution in [0, 0.1) is 11.8 Å². The first kappa shape index (κ1) is 11.0. The zero-order valence-corrected chi connectivity index (χ0v) is 10.6. The van der Waals surface area contributed by atoms with E-state index in [9.17, 15) is 0 Å². The lowest BCUT2D eigenvalue weighted by Crippen LogP contribution is -2.43. The summed E-state index contributed by atoms with van der Waals surface area (Å²) in [7, 11) is 0.